The number of methoxy groups -OCH3 is 2. The number of carboxylic acid groups (broad SMARTS) is 1. The summed E-state index contributed by atoms with van der Waals surface area (Å²) in [7, 11) is 0.407. The lowest BCUT2D eigenvalue weighted by Gasteiger charge is -2.10. The maximum absolute atomic E-state index is 12.4. The standard InChI is InChI=1S/C14H16N2O6S/c1-16-8-12(7-13(16)14(17)18)23(19,20)15-9-4-10(21-2)6-11(5-9)22-3/h4-8,15H,1-3H3,(H,17,18). The van der Waals surface area contributed by atoms with Crippen molar-refractivity contribution in [1.82, 2.24) is 4.57 Å². The number of carboxylic acids is 1. The summed E-state index contributed by atoms with van der Waals surface area (Å²) < 4.78 is 38.5. The minimum Gasteiger partial charge on any atom is -0.497 e. The molecule has 1 aromatic carbocycles. The minimum absolute atomic E-state index is 0.131. The topological polar surface area (TPSA) is 107 Å². The first-order valence-electron chi connectivity index (χ1n) is 6.42. The highest BCUT2D eigenvalue weighted by atomic mass is 32.2. The van der Waals surface area contributed by atoms with E-state index in [0.29, 0.717) is 11.5 Å². The van der Waals surface area contributed by atoms with E-state index in [2.05, 4.69) is 4.72 Å². The number of hydrogen-bond acceptors (Lipinski definition) is 5. The molecule has 124 valence electrons. The van der Waals surface area contributed by atoms with Crippen molar-refractivity contribution in [3.05, 3.63) is 36.2 Å². The van der Waals surface area contributed by atoms with Crippen molar-refractivity contribution in [2.75, 3.05) is 18.9 Å². The molecule has 0 bridgehead atoms. The fourth-order valence-electron chi connectivity index (χ4n) is 1.97. The zero-order valence-electron chi connectivity index (χ0n) is 12.7. The van der Waals surface area contributed by atoms with Crippen LogP contribution >= 0.6 is 0 Å². The van der Waals surface area contributed by atoms with E-state index in [1.54, 1.807) is 6.07 Å². The van der Waals surface area contributed by atoms with Gasteiger partial charge in [0.25, 0.3) is 10.0 Å². The molecule has 8 nitrogen and oxygen atoms in total. The highest BCUT2D eigenvalue weighted by molar-refractivity contribution is 7.92. The van der Waals surface area contributed by atoms with Crippen LogP contribution in [-0.4, -0.2) is 38.3 Å². The van der Waals surface area contributed by atoms with Crippen molar-refractivity contribution >= 4 is 21.7 Å². The van der Waals surface area contributed by atoms with Crippen LogP contribution in [0.1, 0.15) is 10.5 Å². The zero-order chi connectivity index (χ0) is 17.2. The molecule has 0 atom stereocenters. The van der Waals surface area contributed by atoms with Gasteiger partial charge in [-0.15, -0.1) is 0 Å². The molecule has 2 rings (SSSR count). The number of ether oxygens (including phenoxy) is 2. The van der Waals surface area contributed by atoms with Crippen molar-refractivity contribution in [3.63, 3.8) is 0 Å². The van der Waals surface area contributed by atoms with Crippen molar-refractivity contribution in [3.8, 4) is 11.5 Å². The van der Waals surface area contributed by atoms with Crippen LogP contribution in [-0.2, 0) is 17.1 Å². The molecule has 0 fully saturated rings. The third-order valence-electron chi connectivity index (χ3n) is 3.11. The number of carbonyl (C=O) groups is 1. The maximum Gasteiger partial charge on any atom is 0.352 e. The van der Waals surface area contributed by atoms with Gasteiger partial charge in [-0.1, -0.05) is 0 Å². The number of benzene rings is 1. The molecule has 1 heterocycles. The quantitative estimate of drug-likeness (QED) is 0.826. The van der Waals surface area contributed by atoms with Crippen LogP contribution in [0.4, 0.5) is 5.69 Å². The van der Waals surface area contributed by atoms with Gasteiger partial charge in [0, 0.05) is 31.4 Å². The first-order chi connectivity index (χ1) is 10.8. The van der Waals surface area contributed by atoms with Gasteiger partial charge in [-0.3, -0.25) is 4.72 Å². The van der Waals surface area contributed by atoms with Crippen LogP contribution in [0.3, 0.4) is 0 Å². The van der Waals surface area contributed by atoms with Gasteiger partial charge in [-0.2, -0.15) is 0 Å². The Morgan fingerprint density at radius 3 is 2.13 bits per heavy atom. The normalized spacial score (nSPS) is 11.1. The summed E-state index contributed by atoms with van der Waals surface area (Å²) in [6.07, 6.45) is 1.23. The van der Waals surface area contributed by atoms with Crippen LogP contribution in [0.5, 0.6) is 11.5 Å². The zero-order valence-corrected chi connectivity index (χ0v) is 13.5. The van der Waals surface area contributed by atoms with Gasteiger partial charge >= 0.3 is 5.97 Å². The summed E-state index contributed by atoms with van der Waals surface area (Å²) in [5, 5.41) is 9.00. The highest BCUT2D eigenvalue weighted by Gasteiger charge is 2.20. The number of rotatable bonds is 6. The van der Waals surface area contributed by atoms with Crippen molar-refractivity contribution in [2.24, 2.45) is 7.05 Å². The van der Waals surface area contributed by atoms with Gasteiger partial charge in [0.2, 0.25) is 0 Å². The molecule has 0 radical (unpaired) electrons. The average molecular weight is 340 g/mol. The Balaban J connectivity index is 2.38. The van der Waals surface area contributed by atoms with Crippen LogP contribution in [0.2, 0.25) is 0 Å². The largest absolute Gasteiger partial charge is 0.497 e. The van der Waals surface area contributed by atoms with Crippen molar-refractivity contribution in [2.45, 2.75) is 4.90 Å². The first-order valence-corrected chi connectivity index (χ1v) is 7.90. The molecule has 2 aromatic rings. The number of nitrogens with zero attached hydrogens (tertiary/aromatic N) is 1. The molecule has 0 unspecified atom stereocenters. The van der Waals surface area contributed by atoms with Gasteiger partial charge in [-0.05, 0) is 6.07 Å². The summed E-state index contributed by atoms with van der Waals surface area (Å²) in [6.45, 7) is 0. The number of aromatic nitrogens is 1. The number of nitrogens with one attached hydrogen (secondary N) is 1. The van der Waals surface area contributed by atoms with E-state index in [-0.39, 0.29) is 16.3 Å². The van der Waals surface area contributed by atoms with E-state index >= 15 is 0 Å². The summed E-state index contributed by atoms with van der Waals surface area (Å²) >= 11 is 0. The Labute approximate surface area is 133 Å². The summed E-state index contributed by atoms with van der Waals surface area (Å²) in [6, 6.07) is 5.66. The number of hydrogen-bond donors (Lipinski definition) is 2. The minimum atomic E-state index is -3.94. The SMILES string of the molecule is COc1cc(NS(=O)(=O)c2cc(C(=O)O)n(C)c2)cc(OC)c1. The molecule has 9 heteroatoms. The second-order valence-electron chi connectivity index (χ2n) is 4.68. The molecule has 0 amide bonds. The molecular weight excluding hydrogens is 324 g/mol. The monoisotopic (exact) mass is 340 g/mol. The van der Waals surface area contributed by atoms with Crippen molar-refractivity contribution in [1.29, 1.82) is 0 Å². The van der Waals surface area contributed by atoms with E-state index in [1.165, 1.54) is 44.2 Å². The Hall–Kier alpha value is -2.68. The number of aromatic carboxylic acids is 1. The molecular formula is C14H16N2O6S. The van der Waals surface area contributed by atoms with Crippen LogP contribution < -0.4 is 14.2 Å². The molecule has 0 spiro atoms. The predicted octanol–water partition coefficient (Wildman–Crippen LogP) is 1.54. The second-order valence-corrected chi connectivity index (χ2v) is 6.37. The first kappa shape index (κ1) is 16.7. The van der Waals surface area contributed by atoms with E-state index in [1.807, 2.05) is 0 Å². The lowest BCUT2D eigenvalue weighted by atomic mass is 10.3. The van der Waals surface area contributed by atoms with Crippen LogP contribution in [0.25, 0.3) is 0 Å². The Bertz CT molecular complexity index is 819. The summed E-state index contributed by atoms with van der Waals surface area (Å²) in [4.78, 5) is 10.9. The van der Waals surface area contributed by atoms with E-state index in [0.717, 1.165) is 6.07 Å². The van der Waals surface area contributed by atoms with Crippen LogP contribution in [0.15, 0.2) is 35.4 Å². The number of aryl methyl sites for hydroxylation is 1. The Kier molecular flexibility index (Phi) is 4.50. The van der Waals surface area contributed by atoms with E-state index < -0.39 is 16.0 Å². The highest BCUT2D eigenvalue weighted by Crippen LogP contribution is 2.27. The number of sulfonamides is 1. The molecule has 2 N–H and O–H groups in total. The van der Waals surface area contributed by atoms with E-state index in [9.17, 15) is 13.2 Å². The third kappa shape index (κ3) is 3.57. The Morgan fingerprint density at radius 2 is 1.70 bits per heavy atom. The fraction of sp³-hybridized carbons (Fsp3) is 0.214. The molecule has 0 aliphatic heterocycles. The van der Waals surface area contributed by atoms with Gasteiger partial charge < -0.3 is 19.1 Å². The third-order valence-corrected chi connectivity index (χ3v) is 4.46. The molecule has 0 aliphatic carbocycles. The number of anilines is 1. The predicted molar refractivity (Wildman–Crippen MR) is 82.7 cm³/mol. The van der Waals surface area contributed by atoms with Crippen molar-refractivity contribution < 1.29 is 27.8 Å². The van der Waals surface area contributed by atoms with Gasteiger partial charge in [0.1, 0.15) is 22.1 Å². The smallest absolute Gasteiger partial charge is 0.352 e. The fourth-order valence-corrected chi connectivity index (χ4v) is 3.08. The molecule has 0 saturated carbocycles. The molecule has 23 heavy (non-hydrogen) atoms. The Morgan fingerprint density at radius 1 is 1.13 bits per heavy atom. The summed E-state index contributed by atoms with van der Waals surface area (Å²) in [5.41, 5.74) is 0.107. The van der Waals surface area contributed by atoms with Crippen LogP contribution in [0, 0.1) is 0 Å². The van der Waals surface area contributed by atoms with Gasteiger partial charge in [0.15, 0.2) is 0 Å². The summed E-state index contributed by atoms with van der Waals surface area (Å²) in [5.74, 6) is -0.375. The van der Waals surface area contributed by atoms with E-state index in [4.69, 9.17) is 14.6 Å². The lowest BCUT2D eigenvalue weighted by Crippen LogP contribution is -2.12. The molecule has 0 aliphatic rings. The maximum atomic E-state index is 12.4. The van der Waals surface area contributed by atoms with Gasteiger partial charge in [-0.25, -0.2) is 13.2 Å². The second kappa shape index (κ2) is 6.21. The van der Waals surface area contributed by atoms with Gasteiger partial charge in [0.05, 0.1) is 19.9 Å². The lowest BCUT2D eigenvalue weighted by molar-refractivity contribution is 0.0686. The molecule has 1 aromatic heterocycles. The average Bonchev–Trinajstić information content (AvgIpc) is 2.89. The molecule has 0 saturated heterocycles.